The van der Waals surface area contributed by atoms with Gasteiger partial charge in [0.05, 0.1) is 6.61 Å². The second-order valence-corrected chi connectivity index (χ2v) is 2.53. The predicted octanol–water partition coefficient (Wildman–Crippen LogP) is -0.384. The number of nitrogens with one attached hydrogen (secondary N) is 1. The standard InChI is InChI=1S/C9H13NO4/c1-3-4-5-14-6-8(9(12)13)10-7(2)11/h8H,5-6H2,1-2H3,(H,10,11)(H,12,13)/t8-/m1/s1. The van der Waals surface area contributed by atoms with Gasteiger partial charge in [0.2, 0.25) is 5.91 Å². The molecule has 2 N–H and O–H groups in total. The molecule has 0 aliphatic heterocycles. The van der Waals surface area contributed by atoms with Gasteiger partial charge >= 0.3 is 5.97 Å². The van der Waals surface area contributed by atoms with Gasteiger partial charge in [-0.3, -0.25) is 4.79 Å². The molecule has 0 heterocycles. The van der Waals surface area contributed by atoms with Crippen LogP contribution in [-0.4, -0.2) is 36.2 Å². The van der Waals surface area contributed by atoms with E-state index in [0.29, 0.717) is 0 Å². The molecule has 78 valence electrons. The maximum absolute atomic E-state index is 10.6. The SMILES string of the molecule is CC#CCOC[C@@H](NC(C)=O)C(=O)O. The van der Waals surface area contributed by atoms with Crippen molar-refractivity contribution in [2.24, 2.45) is 0 Å². The summed E-state index contributed by atoms with van der Waals surface area (Å²) in [6.07, 6.45) is 0. The van der Waals surface area contributed by atoms with Crippen LogP contribution in [0.4, 0.5) is 0 Å². The van der Waals surface area contributed by atoms with Crippen molar-refractivity contribution in [1.82, 2.24) is 5.32 Å². The molecule has 0 aromatic heterocycles. The molecule has 0 unspecified atom stereocenters. The van der Waals surface area contributed by atoms with Crippen LogP contribution in [0, 0.1) is 11.8 Å². The Balaban J connectivity index is 3.89. The molecule has 0 aliphatic carbocycles. The van der Waals surface area contributed by atoms with Gasteiger partial charge < -0.3 is 15.2 Å². The average molecular weight is 199 g/mol. The number of hydrogen-bond donors (Lipinski definition) is 2. The van der Waals surface area contributed by atoms with E-state index in [1.807, 2.05) is 0 Å². The van der Waals surface area contributed by atoms with Crippen molar-refractivity contribution in [2.45, 2.75) is 19.9 Å². The second kappa shape index (κ2) is 6.92. The minimum Gasteiger partial charge on any atom is -0.480 e. The molecule has 0 spiro atoms. The molecule has 0 bridgehead atoms. The van der Waals surface area contributed by atoms with E-state index in [1.165, 1.54) is 6.92 Å². The lowest BCUT2D eigenvalue weighted by Crippen LogP contribution is -2.43. The van der Waals surface area contributed by atoms with Gasteiger partial charge in [-0.1, -0.05) is 5.92 Å². The number of carboxylic acid groups (broad SMARTS) is 1. The highest BCUT2D eigenvalue weighted by Gasteiger charge is 2.17. The summed E-state index contributed by atoms with van der Waals surface area (Å²) >= 11 is 0. The summed E-state index contributed by atoms with van der Waals surface area (Å²) in [5, 5.41) is 10.9. The van der Waals surface area contributed by atoms with Gasteiger partial charge in [0.1, 0.15) is 6.61 Å². The number of carbonyl (C=O) groups is 2. The lowest BCUT2D eigenvalue weighted by molar-refractivity contribution is -0.143. The van der Waals surface area contributed by atoms with Crippen LogP contribution in [0.3, 0.4) is 0 Å². The van der Waals surface area contributed by atoms with E-state index in [-0.39, 0.29) is 13.2 Å². The van der Waals surface area contributed by atoms with Crippen molar-refractivity contribution in [3.05, 3.63) is 0 Å². The second-order valence-electron chi connectivity index (χ2n) is 2.53. The van der Waals surface area contributed by atoms with E-state index in [9.17, 15) is 9.59 Å². The van der Waals surface area contributed by atoms with E-state index < -0.39 is 17.9 Å². The van der Waals surface area contributed by atoms with Crippen LogP contribution in [0.25, 0.3) is 0 Å². The lowest BCUT2D eigenvalue weighted by atomic mass is 10.3. The normalized spacial score (nSPS) is 11.0. The maximum atomic E-state index is 10.6. The topological polar surface area (TPSA) is 75.6 Å². The molecule has 5 heteroatoms. The van der Waals surface area contributed by atoms with E-state index in [0.717, 1.165) is 0 Å². The zero-order valence-corrected chi connectivity index (χ0v) is 8.16. The van der Waals surface area contributed by atoms with Gasteiger partial charge in [0.25, 0.3) is 0 Å². The highest BCUT2D eigenvalue weighted by atomic mass is 16.5. The molecule has 0 rings (SSSR count). The van der Waals surface area contributed by atoms with Gasteiger partial charge in [0, 0.05) is 6.92 Å². The average Bonchev–Trinajstić information content (AvgIpc) is 2.09. The van der Waals surface area contributed by atoms with Gasteiger partial charge in [-0.05, 0) is 6.92 Å². The van der Waals surface area contributed by atoms with Crippen molar-refractivity contribution < 1.29 is 19.4 Å². The van der Waals surface area contributed by atoms with E-state index in [1.54, 1.807) is 6.92 Å². The highest BCUT2D eigenvalue weighted by molar-refractivity contribution is 5.82. The fraction of sp³-hybridized carbons (Fsp3) is 0.556. The fourth-order valence-corrected chi connectivity index (χ4v) is 0.720. The van der Waals surface area contributed by atoms with Crippen LogP contribution in [0.2, 0.25) is 0 Å². The van der Waals surface area contributed by atoms with Crippen molar-refractivity contribution >= 4 is 11.9 Å². The van der Waals surface area contributed by atoms with Crippen molar-refractivity contribution in [3.8, 4) is 11.8 Å². The third-order valence-corrected chi connectivity index (χ3v) is 1.31. The van der Waals surface area contributed by atoms with Crippen LogP contribution < -0.4 is 5.32 Å². The quantitative estimate of drug-likeness (QED) is 0.467. The van der Waals surface area contributed by atoms with Gasteiger partial charge in [-0.25, -0.2) is 4.79 Å². The largest absolute Gasteiger partial charge is 0.480 e. The molecule has 0 aromatic rings. The molecule has 1 amide bonds. The van der Waals surface area contributed by atoms with Crippen LogP contribution in [0.1, 0.15) is 13.8 Å². The summed E-state index contributed by atoms with van der Waals surface area (Å²) < 4.78 is 4.93. The zero-order valence-electron chi connectivity index (χ0n) is 8.16. The Kier molecular flexibility index (Phi) is 6.16. The molecule has 1 atom stereocenters. The first-order chi connectivity index (χ1) is 6.57. The number of ether oxygens (including phenoxy) is 1. The Labute approximate surface area is 82.4 Å². The first-order valence-electron chi connectivity index (χ1n) is 4.05. The van der Waals surface area contributed by atoms with Crippen molar-refractivity contribution in [1.29, 1.82) is 0 Å². The summed E-state index contributed by atoms with van der Waals surface area (Å²) in [7, 11) is 0. The Morgan fingerprint density at radius 2 is 2.21 bits per heavy atom. The molecule has 5 nitrogen and oxygen atoms in total. The Bertz CT molecular complexity index is 264. The third-order valence-electron chi connectivity index (χ3n) is 1.31. The first kappa shape index (κ1) is 12.5. The number of carboxylic acids is 1. The summed E-state index contributed by atoms with van der Waals surface area (Å²) in [4.78, 5) is 21.2. The molecular weight excluding hydrogens is 186 g/mol. The monoisotopic (exact) mass is 199 g/mol. The minimum absolute atomic E-state index is 0.0798. The van der Waals surface area contributed by atoms with Crippen LogP contribution in [-0.2, 0) is 14.3 Å². The van der Waals surface area contributed by atoms with E-state index in [4.69, 9.17) is 9.84 Å². The van der Waals surface area contributed by atoms with Gasteiger partial charge in [0.15, 0.2) is 6.04 Å². The Morgan fingerprint density at radius 3 is 2.64 bits per heavy atom. The summed E-state index contributed by atoms with van der Waals surface area (Å²) in [6.45, 7) is 3.00. The molecule has 0 aromatic carbocycles. The van der Waals surface area contributed by atoms with Crippen LogP contribution in [0.5, 0.6) is 0 Å². The molecule has 0 saturated heterocycles. The summed E-state index contributed by atoms with van der Waals surface area (Å²) in [6, 6.07) is -1.01. The third kappa shape index (κ3) is 6.03. The Morgan fingerprint density at radius 1 is 1.57 bits per heavy atom. The number of amides is 1. The summed E-state index contributed by atoms with van der Waals surface area (Å²) in [5.74, 6) is 3.70. The van der Waals surface area contributed by atoms with Gasteiger partial charge in [-0.2, -0.15) is 0 Å². The number of rotatable bonds is 5. The van der Waals surface area contributed by atoms with E-state index in [2.05, 4.69) is 17.2 Å². The molecule has 0 fully saturated rings. The molecule has 0 saturated carbocycles. The molecular formula is C9H13NO4. The first-order valence-corrected chi connectivity index (χ1v) is 4.05. The number of aliphatic carboxylic acids is 1. The fourth-order valence-electron chi connectivity index (χ4n) is 0.720. The summed E-state index contributed by atoms with van der Waals surface area (Å²) in [5.41, 5.74) is 0. The molecule has 0 radical (unpaired) electrons. The maximum Gasteiger partial charge on any atom is 0.328 e. The van der Waals surface area contributed by atoms with Crippen molar-refractivity contribution in [3.63, 3.8) is 0 Å². The highest BCUT2D eigenvalue weighted by Crippen LogP contribution is 1.86. The predicted molar refractivity (Wildman–Crippen MR) is 49.5 cm³/mol. The van der Waals surface area contributed by atoms with Gasteiger partial charge in [-0.15, -0.1) is 5.92 Å². The number of hydrogen-bond acceptors (Lipinski definition) is 3. The molecule has 14 heavy (non-hydrogen) atoms. The smallest absolute Gasteiger partial charge is 0.328 e. The van der Waals surface area contributed by atoms with Crippen molar-refractivity contribution in [2.75, 3.05) is 13.2 Å². The van der Waals surface area contributed by atoms with Crippen LogP contribution in [0.15, 0.2) is 0 Å². The number of carbonyl (C=O) groups excluding carboxylic acids is 1. The zero-order chi connectivity index (χ0) is 11.0. The minimum atomic E-state index is -1.12. The Hall–Kier alpha value is -1.54. The lowest BCUT2D eigenvalue weighted by Gasteiger charge is -2.11. The van der Waals surface area contributed by atoms with E-state index >= 15 is 0 Å². The molecule has 0 aliphatic rings. The van der Waals surface area contributed by atoms with Crippen LogP contribution >= 0.6 is 0 Å².